The second kappa shape index (κ2) is 7.77. The molecule has 1 N–H and O–H groups in total. The first-order valence-electron chi connectivity index (χ1n) is 11.2. The van der Waals surface area contributed by atoms with Gasteiger partial charge in [-0.3, -0.25) is 9.59 Å². The van der Waals surface area contributed by atoms with Crippen LogP contribution in [0.5, 0.6) is 23.0 Å². The number of hydrogen-bond acceptors (Lipinski definition) is 6. The van der Waals surface area contributed by atoms with Crippen LogP contribution < -0.4 is 14.2 Å². The van der Waals surface area contributed by atoms with Crippen LogP contribution in [0.15, 0.2) is 66.6 Å². The third-order valence-corrected chi connectivity index (χ3v) is 6.59. The maximum atomic E-state index is 13.3. The van der Waals surface area contributed by atoms with Crippen LogP contribution in [-0.2, 0) is 11.8 Å². The molecule has 0 radical (unpaired) electrons. The van der Waals surface area contributed by atoms with Gasteiger partial charge in [0.25, 0.3) is 0 Å². The third kappa shape index (κ3) is 3.35. The molecular formula is C28H21NO6. The highest BCUT2D eigenvalue weighted by Crippen LogP contribution is 2.49. The lowest BCUT2D eigenvalue weighted by molar-refractivity contribution is -0.135. The number of phenolic OH excluding ortho intramolecular Hbond substituents is 1. The Kier molecular flexibility index (Phi) is 4.67. The number of Topliss-reactive ketones (excluding diaryl/α,β-unsaturated/α-hetero) is 1. The van der Waals surface area contributed by atoms with E-state index < -0.39 is 0 Å². The summed E-state index contributed by atoms with van der Waals surface area (Å²) < 4.78 is 19.0. The van der Waals surface area contributed by atoms with Crippen molar-refractivity contribution < 1.29 is 28.9 Å². The number of benzene rings is 3. The van der Waals surface area contributed by atoms with Crippen LogP contribution in [0.1, 0.15) is 39.4 Å². The van der Waals surface area contributed by atoms with Gasteiger partial charge in [0.15, 0.2) is 5.76 Å². The van der Waals surface area contributed by atoms with Gasteiger partial charge in [-0.25, -0.2) is 0 Å². The van der Waals surface area contributed by atoms with Crippen molar-refractivity contribution >= 4 is 28.7 Å². The van der Waals surface area contributed by atoms with Crippen molar-refractivity contribution in [1.29, 1.82) is 0 Å². The second-order valence-corrected chi connectivity index (χ2v) is 8.69. The predicted octanol–water partition coefficient (Wildman–Crippen LogP) is 4.95. The second-order valence-electron chi connectivity index (χ2n) is 8.69. The molecule has 35 heavy (non-hydrogen) atoms. The molecule has 174 valence electrons. The van der Waals surface area contributed by atoms with E-state index in [1.807, 2.05) is 36.0 Å². The number of esters is 1. The molecule has 2 aliphatic heterocycles. The minimum absolute atomic E-state index is 0.105. The Morgan fingerprint density at radius 2 is 1.86 bits per heavy atom. The molecule has 3 aromatic carbocycles. The van der Waals surface area contributed by atoms with Crippen molar-refractivity contribution in [3.05, 3.63) is 88.8 Å². The Morgan fingerprint density at radius 1 is 1.06 bits per heavy atom. The summed E-state index contributed by atoms with van der Waals surface area (Å²) in [6.07, 6.45) is 3.78. The van der Waals surface area contributed by atoms with Crippen LogP contribution in [-0.4, -0.2) is 28.5 Å². The summed E-state index contributed by atoms with van der Waals surface area (Å²) in [6, 6.07) is 15.7. The number of fused-ring (bicyclic) bond motifs is 4. The van der Waals surface area contributed by atoms with Gasteiger partial charge in [0, 0.05) is 41.2 Å². The van der Waals surface area contributed by atoms with E-state index in [4.69, 9.17) is 14.2 Å². The largest absolute Gasteiger partial charge is 0.508 e. The Labute approximate surface area is 200 Å². The quantitative estimate of drug-likeness (QED) is 0.261. The van der Waals surface area contributed by atoms with Gasteiger partial charge in [-0.05, 0) is 54.1 Å². The van der Waals surface area contributed by atoms with Crippen molar-refractivity contribution in [3.63, 3.8) is 0 Å². The maximum absolute atomic E-state index is 13.3. The first-order chi connectivity index (χ1) is 16.9. The topological polar surface area (TPSA) is 87.0 Å². The van der Waals surface area contributed by atoms with E-state index in [-0.39, 0.29) is 35.6 Å². The SMILES string of the molecule is COc1ccc2c(c1)c(/C=C1\Oc3c(ccc4c3C(c3ccc(O)cc3)CC(=O)O4)C1=O)cn2C. The summed E-state index contributed by atoms with van der Waals surface area (Å²) in [7, 11) is 3.55. The van der Waals surface area contributed by atoms with E-state index in [1.165, 1.54) is 0 Å². The molecule has 0 bridgehead atoms. The number of ketones is 1. The molecular weight excluding hydrogens is 446 g/mol. The van der Waals surface area contributed by atoms with E-state index in [0.29, 0.717) is 22.6 Å². The summed E-state index contributed by atoms with van der Waals surface area (Å²) in [5, 5.41) is 10.6. The van der Waals surface area contributed by atoms with E-state index >= 15 is 0 Å². The number of carbonyl (C=O) groups is 2. The third-order valence-electron chi connectivity index (χ3n) is 6.59. The zero-order chi connectivity index (χ0) is 24.3. The van der Waals surface area contributed by atoms with Crippen LogP contribution in [0.4, 0.5) is 0 Å². The number of aromatic nitrogens is 1. The van der Waals surface area contributed by atoms with Crippen molar-refractivity contribution in [2.75, 3.05) is 7.11 Å². The van der Waals surface area contributed by atoms with Gasteiger partial charge in [-0.15, -0.1) is 0 Å². The number of rotatable bonds is 3. The maximum Gasteiger partial charge on any atom is 0.312 e. The monoisotopic (exact) mass is 467 g/mol. The minimum atomic E-state index is -0.365. The highest BCUT2D eigenvalue weighted by Gasteiger charge is 2.38. The van der Waals surface area contributed by atoms with Gasteiger partial charge in [0.05, 0.1) is 19.1 Å². The molecule has 4 aromatic rings. The molecule has 7 heteroatoms. The number of aryl methyl sites for hydroxylation is 1. The molecule has 0 fully saturated rings. The van der Waals surface area contributed by atoms with Gasteiger partial charge in [0.2, 0.25) is 5.78 Å². The van der Waals surface area contributed by atoms with E-state index in [0.717, 1.165) is 27.8 Å². The lowest BCUT2D eigenvalue weighted by Gasteiger charge is -2.26. The average molecular weight is 467 g/mol. The molecule has 0 aliphatic carbocycles. The standard InChI is InChI=1S/C28H21NO6/c1-29-14-16(20-12-18(33-2)7-9-22(20)29)11-24-27(32)19-8-10-23-26(28(19)35-24)21(13-25(31)34-23)15-3-5-17(30)6-4-15/h3-12,14,21,30H,13H2,1-2H3/b24-11-. The highest BCUT2D eigenvalue weighted by atomic mass is 16.5. The number of methoxy groups -OCH3 is 1. The summed E-state index contributed by atoms with van der Waals surface area (Å²) >= 11 is 0. The van der Waals surface area contributed by atoms with Crippen LogP contribution in [0.3, 0.4) is 0 Å². The highest BCUT2D eigenvalue weighted by molar-refractivity contribution is 6.15. The molecule has 0 amide bonds. The lowest BCUT2D eigenvalue weighted by Crippen LogP contribution is -2.21. The fourth-order valence-electron chi connectivity index (χ4n) is 4.88. The number of phenols is 1. The molecule has 0 spiro atoms. The van der Waals surface area contributed by atoms with E-state index in [9.17, 15) is 14.7 Å². The van der Waals surface area contributed by atoms with Gasteiger partial charge in [-0.2, -0.15) is 0 Å². The van der Waals surface area contributed by atoms with Crippen molar-refractivity contribution in [2.45, 2.75) is 12.3 Å². The van der Waals surface area contributed by atoms with Crippen molar-refractivity contribution in [1.82, 2.24) is 4.57 Å². The fraction of sp³-hybridized carbons (Fsp3) is 0.143. The summed E-state index contributed by atoms with van der Waals surface area (Å²) in [4.78, 5) is 25.7. The normalized spacial score (nSPS) is 17.8. The van der Waals surface area contributed by atoms with Crippen LogP contribution in [0.25, 0.3) is 17.0 Å². The van der Waals surface area contributed by atoms with E-state index in [1.54, 1.807) is 49.6 Å². The number of allylic oxidation sites excluding steroid dienone is 1. The number of carbonyl (C=O) groups excluding carboxylic acids is 2. The fourth-order valence-corrected chi connectivity index (χ4v) is 4.88. The van der Waals surface area contributed by atoms with E-state index in [2.05, 4.69) is 0 Å². The number of aromatic hydroxyl groups is 1. The number of nitrogens with zero attached hydrogens (tertiary/aromatic N) is 1. The molecule has 3 heterocycles. The Bertz CT molecular complexity index is 1560. The van der Waals surface area contributed by atoms with Crippen molar-refractivity contribution in [2.24, 2.45) is 7.05 Å². The molecule has 2 aliphatic rings. The molecule has 1 unspecified atom stereocenters. The first-order valence-corrected chi connectivity index (χ1v) is 11.2. The molecule has 1 aromatic heterocycles. The summed E-state index contributed by atoms with van der Waals surface area (Å²) in [5.41, 5.74) is 3.73. The Balaban J connectivity index is 1.46. The Hall–Kier alpha value is -4.52. The van der Waals surface area contributed by atoms with Gasteiger partial charge in [0.1, 0.15) is 23.0 Å². The number of ether oxygens (including phenoxy) is 3. The molecule has 0 saturated heterocycles. The van der Waals surface area contributed by atoms with Gasteiger partial charge in [-0.1, -0.05) is 12.1 Å². The summed E-state index contributed by atoms with van der Waals surface area (Å²) in [5.74, 6) is 0.876. The Morgan fingerprint density at radius 3 is 2.63 bits per heavy atom. The average Bonchev–Trinajstić information content (AvgIpc) is 3.34. The minimum Gasteiger partial charge on any atom is -0.508 e. The first kappa shape index (κ1) is 21.0. The molecule has 7 nitrogen and oxygen atoms in total. The molecule has 1 atom stereocenters. The lowest BCUT2D eigenvalue weighted by atomic mass is 9.84. The van der Waals surface area contributed by atoms with Gasteiger partial charge < -0.3 is 23.9 Å². The van der Waals surface area contributed by atoms with Gasteiger partial charge >= 0.3 is 5.97 Å². The van der Waals surface area contributed by atoms with Crippen LogP contribution in [0, 0.1) is 0 Å². The predicted molar refractivity (Wildman–Crippen MR) is 129 cm³/mol. The van der Waals surface area contributed by atoms with Crippen molar-refractivity contribution in [3.8, 4) is 23.0 Å². The van der Waals surface area contributed by atoms with Crippen LogP contribution in [0.2, 0.25) is 0 Å². The molecule has 0 saturated carbocycles. The number of hydrogen-bond donors (Lipinski definition) is 1. The van der Waals surface area contributed by atoms with Crippen LogP contribution >= 0.6 is 0 Å². The summed E-state index contributed by atoms with van der Waals surface area (Å²) in [6.45, 7) is 0. The zero-order valence-corrected chi connectivity index (χ0v) is 19.1. The smallest absolute Gasteiger partial charge is 0.312 e. The molecule has 6 rings (SSSR count). The zero-order valence-electron chi connectivity index (χ0n) is 19.1.